The highest BCUT2D eigenvalue weighted by Gasteiger charge is 2.37. The van der Waals surface area contributed by atoms with Gasteiger partial charge in [0.05, 0.1) is 12.7 Å². The highest BCUT2D eigenvalue weighted by Crippen LogP contribution is 2.22. The van der Waals surface area contributed by atoms with Crippen molar-refractivity contribution in [2.75, 3.05) is 40.3 Å². The van der Waals surface area contributed by atoms with Crippen LogP contribution in [0.4, 0.5) is 0 Å². The van der Waals surface area contributed by atoms with Crippen LogP contribution >= 0.6 is 0 Å². The minimum Gasteiger partial charge on any atom is -0.362 e. The average Bonchev–Trinajstić information content (AvgIpc) is 3.42. The third kappa shape index (κ3) is 18.0. The summed E-state index contributed by atoms with van der Waals surface area (Å²) in [5.41, 5.74) is 6.43. The zero-order valence-corrected chi connectivity index (χ0v) is 32.4. The number of hydrogen-bond donors (Lipinski definition) is 1. The summed E-state index contributed by atoms with van der Waals surface area (Å²) in [5, 5.41) is 4.83. The maximum Gasteiger partial charge on any atom is 0.238 e. The van der Waals surface area contributed by atoms with Crippen molar-refractivity contribution in [1.29, 1.82) is 0 Å². The molecule has 6 heteroatoms. The maximum atomic E-state index is 12.6. The van der Waals surface area contributed by atoms with Crippen molar-refractivity contribution in [2.45, 2.75) is 87.9 Å². The Labute approximate surface area is 311 Å². The highest BCUT2D eigenvalue weighted by atomic mass is 16.2. The van der Waals surface area contributed by atoms with Crippen molar-refractivity contribution in [1.82, 2.24) is 20.0 Å². The Morgan fingerprint density at radius 3 is 1.96 bits per heavy atom. The van der Waals surface area contributed by atoms with E-state index in [4.69, 9.17) is 4.79 Å². The van der Waals surface area contributed by atoms with Crippen LogP contribution < -0.4 is 5.32 Å². The molecule has 1 aliphatic rings. The fourth-order valence-electron chi connectivity index (χ4n) is 5.44. The summed E-state index contributed by atoms with van der Waals surface area (Å²) in [6.45, 7) is 22.4. The Hall–Kier alpha value is -4.26. The van der Waals surface area contributed by atoms with Crippen LogP contribution in [0, 0.1) is 13.8 Å². The Morgan fingerprint density at radius 2 is 1.45 bits per heavy atom. The summed E-state index contributed by atoms with van der Waals surface area (Å²) in [4.78, 5) is 28.4. The number of likely N-dealkylation sites (N-methyl/N-ethyl adjacent to an activating group) is 1. The monoisotopic (exact) mass is 697 g/mol. The summed E-state index contributed by atoms with van der Waals surface area (Å²) < 4.78 is 0. The van der Waals surface area contributed by atoms with Gasteiger partial charge >= 0.3 is 0 Å². The van der Waals surface area contributed by atoms with Crippen molar-refractivity contribution < 1.29 is 9.59 Å². The van der Waals surface area contributed by atoms with Crippen LogP contribution in [0.2, 0.25) is 0 Å². The molecule has 1 aliphatic heterocycles. The van der Waals surface area contributed by atoms with E-state index in [1.165, 1.54) is 33.0 Å². The topological polar surface area (TPSA) is 55.9 Å². The fourth-order valence-corrected chi connectivity index (χ4v) is 5.44. The number of nitrogens with zero attached hydrogens (tertiary/aromatic N) is 3. The SMILES string of the molecule is C.C=C(C)CN1C(=O)CN(CCCC)C1CN(C)Cc1cccc2ccccc12.CC.CCc1ccccc1.CNC=O.Cc1ccc(C)cc1. The van der Waals surface area contributed by atoms with Crippen molar-refractivity contribution in [2.24, 2.45) is 0 Å². The van der Waals surface area contributed by atoms with Gasteiger partial charge in [-0.3, -0.25) is 19.4 Å². The molecule has 2 amide bonds. The molecule has 1 unspecified atom stereocenters. The molecule has 1 atom stereocenters. The quantitative estimate of drug-likeness (QED) is 0.125. The minimum absolute atomic E-state index is 0. The molecule has 51 heavy (non-hydrogen) atoms. The molecular weight excluding hydrogens is 629 g/mol. The van der Waals surface area contributed by atoms with Crippen LogP contribution in [-0.4, -0.2) is 73.5 Å². The first-order chi connectivity index (χ1) is 24.1. The van der Waals surface area contributed by atoms with Crippen molar-refractivity contribution in [3.05, 3.63) is 131 Å². The molecule has 1 saturated heterocycles. The zero-order valence-electron chi connectivity index (χ0n) is 32.4. The van der Waals surface area contributed by atoms with Gasteiger partial charge in [-0.05, 0) is 62.6 Å². The van der Waals surface area contributed by atoms with E-state index in [0.29, 0.717) is 19.5 Å². The average molecular weight is 697 g/mol. The Bertz CT molecular complexity index is 1480. The van der Waals surface area contributed by atoms with Crippen LogP contribution in [0.25, 0.3) is 10.8 Å². The van der Waals surface area contributed by atoms with E-state index in [0.717, 1.165) is 44.5 Å². The number of nitrogens with one attached hydrogen (secondary N) is 1. The number of carbonyl (C=O) groups excluding carboxylic acids is 2. The lowest BCUT2D eigenvalue weighted by atomic mass is 10.0. The molecule has 6 nitrogen and oxygen atoms in total. The fraction of sp³-hybridized carbons (Fsp3) is 0.422. The Kier molecular flexibility index (Phi) is 25.2. The second kappa shape index (κ2) is 27.5. The first-order valence-corrected chi connectivity index (χ1v) is 18.1. The van der Waals surface area contributed by atoms with Crippen LogP contribution in [0.3, 0.4) is 0 Å². The number of carbonyl (C=O) groups is 2. The number of aryl methyl sites for hydroxylation is 3. The molecule has 1 fully saturated rings. The van der Waals surface area contributed by atoms with Gasteiger partial charge in [0.2, 0.25) is 12.3 Å². The molecule has 280 valence electrons. The highest BCUT2D eigenvalue weighted by molar-refractivity contribution is 5.85. The largest absolute Gasteiger partial charge is 0.362 e. The van der Waals surface area contributed by atoms with Gasteiger partial charge < -0.3 is 10.2 Å². The molecule has 1 heterocycles. The summed E-state index contributed by atoms with van der Waals surface area (Å²) in [5.74, 6) is 0.225. The maximum absolute atomic E-state index is 12.6. The molecule has 4 aromatic carbocycles. The van der Waals surface area contributed by atoms with Crippen LogP contribution in [0.5, 0.6) is 0 Å². The number of hydrogen-bond acceptors (Lipinski definition) is 4. The number of amides is 2. The zero-order chi connectivity index (χ0) is 37.3. The van der Waals surface area contributed by atoms with E-state index in [1.54, 1.807) is 7.05 Å². The van der Waals surface area contributed by atoms with Gasteiger partial charge in [-0.1, -0.05) is 162 Å². The number of fused-ring (bicyclic) bond motifs is 1. The van der Waals surface area contributed by atoms with Crippen LogP contribution in [0.1, 0.15) is 77.1 Å². The third-order valence-corrected chi connectivity index (χ3v) is 8.06. The molecule has 0 aromatic heterocycles. The molecule has 0 saturated carbocycles. The smallest absolute Gasteiger partial charge is 0.238 e. The van der Waals surface area contributed by atoms with Crippen molar-refractivity contribution >= 4 is 23.1 Å². The predicted octanol–water partition coefficient (Wildman–Crippen LogP) is 9.70. The van der Waals surface area contributed by atoms with Gasteiger partial charge in [0, 0.05) is 33.2 Å². The lowest BCUT2D eigenvalue weighted by Gasteiger charge is -2.33. The van der Waals surface area contributed by atoms with Gasteiger partial charge in [-0.15, -0.1) is 0 Å². The molecule has 0 bridgehead atoms. The Balaban J connectivity index is 0.000000880. The molecule has 0 spiro atoms. The van der Waals surface area contributed by atoms with Crippen LogP contribution in [-0.2, 0) is 22.6 Å². The molecule has 5 rings (SSSR count). The second-order valence-corrected chi connectivity index (χ2v) is 12.5. The van der Waals surface area contributed by atoms with Gasteiger partial charge in [0.15, 0.2) is 0 Å². The molecular formula is C45H68N4O2. The van der Waals surface area contributed by atoms with E-state index >= 15 is 0 Å². The summed E-state index contributed by atoms with van der Waals surface area (Å²) in [6.07, 6.45) is 4.15. The van der Waals surface area contributed by atoms with Crippen LogP contribution in [0.15, 0.2) is 109 Å². The standard InChI is InChI=1S/C24H33N3O.2C8H10.C2H5NO.C2H6.CH4/c1-5-6-14-26-18-24(28)27(15-19(2)3)23(26)17-25(4)16-21-12-9-11-20-10-7-8-13-22(20)21;1-7-3-5-8(2)6-4-7;1-2-8-6-4-3-5-7-8;1-3-2-4;1-2;/h7-13,23H,2,5-6,14-18H2,1,3-4H3;3-6H,1-2H3;3-7H,2H2,1H3;2H,1H3,(H,3,4);1-2H3;1H4. The van der Waals surface area contributed by atoms with E-state index in [2.05, 4.69) is 147 Å². The molecule has 0 radical (unpaired) electrons. The number of unbranched alkanes of at least 4 members (excludes halogenated alkanes) is 1. The van der Waals surface area contributed by atoms with Gasteiger partial charge in [0.1, 0.15) is 0 Å². The van der Waals surface area contributed by atoms with E-state index in [-0.39, 0.29) is 19.5 Å². The molecule has 4 aromatic rings. The predicted molar refractivity (Wildman–Crippen MR) is 222 cm³/mol. The van der Waals surface area contributed by atoms with Gasteiger partial charge in [-0.2, -0.15) is 0 Å². The lowest BCUT2D eigenvalue weighted by Crippen LogP contribution is -2.47. The summed E-state index contributed by atoms with van der Waals surface area (Å²) in [7, 11) is 3.72. The second-order valence-electron chi connectivity index (χ2n) is 12.5. The molecule has 0 aliphatic carbocycles. The first kappa shape index (κ1) is 46.7. The normalized spacial score (nSPS) is 13.2. The van der Waals surface area contributed by atoms with Crippen molar-refractivity contribution in [3.8, 4) is 0 Å². The number of benzene rings is 4. The van der Waals surface area contributed by atoms with Gasteiger partial charge in [-0.25, -0.2) is 0 Å². The number of rotatable bonds is 11. The van der Waals surface area contributed by atoms with E-state index in [1.807, 2.05) is 31.7 Å². The minimum atomic E-state index is 0. The first-order valence-electron chi connectivity index (χ1n) is 18.1. The summed E-state index contributed by atoms with van der Waals surface area (Å²) >= 11 is 0. The Morgan fingerprint density at radius 1 is 0.902 bits per heavy atom. The van der Waals surface area contributed by atoms with Crippen molar-refractivity contribution in [3.63, 3.8) is 0 Å². The lowest BCUT2D eigenvalue weighted by molar-refractivity contribution is -0.127. The van der Waals surface area contributed by atoms with E-state index < -0.39 is 0 Å². The van der Waals surface area contributed by atoms with Gasteiger partial charge in [0.25, 0.3) is 0 Å². The molecule has 1 N–H and O–H groups in total. The summed E-state index contributed by atoms with van der Waals surface area (Å²) in [6, 6.07) is 34.0. The third-order valence-electron chi connectivity index (χ3n) is 8.06. The van der Waals surface area contributed by atoms with E-state index in [9.17, 15) is 4.79 Å².